The number of rotatable bonds is 7. The molecule has 2 heterocycles. The highest BCUT2D eigenvalue weighted by atomic mass is 16.7. The van der Waals surface area contributed by atoms with E-state index in [4.69, 9.17) is 14.2 Å². The van der Waals surface area contributed by atoms with Gasteiger partial charge in [-0.3, -0.25) is 0 Å². The molecule has 138 valence electrons. The van der Waals surface area contributed by atoms with Crippen LogP contribution in [0.1, 0.15) is 11.1 Å². The van der Waals surface area contributed by atoms with Crippen LogP contribution in [0.4, 0.5) is 11.8 Å². The van der Waals surface area contributed by atoms with Crippen molar-refractivity contribution < 1.29 is 14.2 Å². The molecule has 27 heavy (non-hydrogen) atoms. The van der Waals surface area contributed by atoms with E-state index in [1.807, 2.05) is 42.5 Å². The third kappa shape index (κ3) is 4.00. The van der Waals surface area contributed by atoms with Gasteiger partial charge in [0.1, 0.15) is 5.75 Å². The van der Waals surface area contributed by atoms with Crippen LogP contribution in [-0.4, -0.2) is 29.1 Å². The van der Waals surface area contributed by atoms with Crippen molar-refractivity contribution in [2.24, 2.45) is 0 Å². The summed E-state index contributed by atoms with van der Waals surface area (Å²) in [6, 6.07) is 13.6. The minimum Gasteiger partial charge on any atom is -0.496 e. The van der Waals surface area contributed by atoms with Crippen LogP contribution >= 0.6 is 0 Å². The fourth-order valence-electron chi connectivity index (χ4n) is 2.73. The Morgan fingerprint density at radius 2 is 1.93 bits per heavy atom. The Morgan fingerprint density at radius 3 is 2.85 bits per heavy atom. The Labute approximate surface area is 156 Å². The van der Waals surface area contributed by atoms with Crippen molar-refractivity contribution in [3.63, 3.8) is 0 Å². The number of fused-ring (bicyclic) bond motifs is 1. The number of ether oxygens (including phenoxy) is 3. The summed E-state index contributed by atoms with van der Waals surface area (Å²) in [4.78, 5) is 4.44. The highest BCUT2D eigenvalue weighted by Crippen LogP contribution is 2.32. The summed E-state index contributed by atoms with van der Waals surface area (Å²) in [5.41, 5.74) is 2.07. The van der Waals surface area contributed by atoms with Gasteiger partial charge in [0.05, 0.1) is 13.3 Å². The van der Waals surface area contributed by atoms with E-state index < -0.39 is 0 Å². The molecule has 0 amide bonds. The van der Waals surface area contributed by atoms with Crippen LogP contribution in [0.15, 0.2) is 48.7 Å². The van der Waals surface area contributed by atoms with E-state index in [0.29, 0.717) is 24.9 Å². The van der Waals surface area contributed by atoms with E-state index in [9.17, 15) is 0 Å². The molecule has 0 bridgehead atoms. The zero-order valence-corrected chi connectivity index (χ0v) is 14.8. The lowest BCUT2D eigenvalue weighted by atomic mass is 10.2. The van der Waals surface area contributed by atoms with Crippen LogP contribution in [-0.2, 0) is 13.1 Å². The molecule has 8 heteroatoms. The number of anilines is 2. The van der Waals surface area contributed by atoms with E-state index >= 15 is 0 Å². The van der Waals surface area contributed by atoms with Gasteiger partial charge in [0.15, 0.2) is 17.3 Å². The average Bonchev–Trinajstić information content (AvgIpc) is 3.19. The minimum atomic E-state index is 0.263. The van der Waals surface area contributed by atoms with Crippen molar-refractivity contribution in [2.75, 3.05) is 24.5 Å². The summed E-state index contributed by atoms with van der Waals surface area (Å²) in [7, 11) is 1.66. The van der Waals surface area contributed by atoms with Gasteiger partial charge in [0.2, 0.25) is 12.7 Å². The molecule has 2 N–H and O–H groups in total. The van der Waals surface area contributed by atoms with Gasteiger partial charge in [-0.25, -0.2) is 0 Å². The number of hydrogen-bond donors (Lipinski definition) is 2. The summed E-state index contributed by atoms with van der Waals surface area (Å²) in [6.07, 6.45) is 1.58. The van der Waals surface area contributed by atoms with E-state index in [2.05, 4.69) is 25.8 Å². The lowest BCUT2D eigenvalue weighted by Crippen LogP contribution is -2.08. The first-order valence-corrected chi connectivity index (χ1v) is 8.50. The summed E-state index contributed by atoms with van der Waals surface area (Å²) in [5, 5.41) is 14.4. The molecule has 3 aromatic rings. The quantitative estimate of drug-likeness (QED) is 0.661. The highest BCUT2D eigenvalue weighted by molar-refractivity contribution is 5.46. The fourth-order valence-corrected chi connectivity index (χ4v) is 2.73. The molecule has 4 rings (SSSR count). The number of para-hydroxylation sites is 1. The molecule has 1 aliphatic rings. The number of aromatic nitrogens is 3. The molecule has 0 fully saturated rings. The minimum absolute atomic E-state index is 0.263. The van der Waals surface area contributed by atoms with Crippen molar-refractivity contribution in [3.05, 3.63) is 59.8 Å². The molecule has 0 spiro atoms. The Bertz CT molecular complexity index is 935. The topological polar surface area (TPSA) is 90.4 Å². The molecule has 2 aromatic carbocycles. The maximum Gasteiger partial charge on any atom is 0.244 e. The molecule has 0 saturated carbocycles. The standard InChI is InChI=1S/C19H19N5O3/c1-25-15-5-3-2-4-14(15)10-20-18-11-22-24-19(23-18)21-9-13-6-7-16-17(8-13)27-12-26-16/h2-8,11H,9-10,12H2,1H3,(H2,20,21,23,24). The number of nitrogens with one attached hydrogen (secondary N) is 2. The maximum atomic E-state index is 5.39. The van der Waals surface area contributed by atoms with Gasteiger partial charge in [0.25, 0.3) is 0 Å². The third-order valence-corrected chi connectivity index (χ3v) is 4.10. The SMILES string of the molecule is COc1ccccc1CNc1cnnc(NCc2ccc3c(c2)OCO3)n1. The zero-order chi connectivity index (χ0) is 18.5. The number of hydrogen-bond acceptors (Lipinski definition) is 8. The normalized spacial score (nSPS) is 11.9. The van der Waals surface area contributed by atoms with E-state index in [0.717, 1.165) is 28.4 Å². The molecule has 0 unspecified atom stereocenters. The first-order valence-electron chi connectivity index (χ1n) is 8.50. The van der Waals surface area contributed by atoms with Gasteiger partial charge in [-0.15, -0.1) is 5.10 Å². The van der Waals surface area contributed by atoms with Crippen molar-refractivity contribution in [3.8, 4) is 17.2 Å². The van der Waals surface area contributed by atoms with Gasteiger partial charge in [-0.05, 0) is 23.8 Å². The molecule has 1 aromatic heterocycles. The lowest BCUT2D eigenvalue weighted by Gasteiger charge is -2.10. The summed E-state index contributed by atoms with van der Waals surface area (Å²) < 4.78 is 16.1. The van der Waals surface area contributed by atoms with Crippen molar-refractivity contribution in [2.45, 2.75) is 13.1 Å². The smallest absolute Gasteiger partial charge is 0.244 e. The van der Waals surface area contributed by atoms with Gasteiger partial charge >= 0.3 is 0 Å². The largest absolute Gasteiger partial charge is 0.496 e. The molecule has 0 aliphatic carbocycles. The third-order valence-electron chi connectivity index (χ3n) is 4.10. The predicted molar refractivity (Wildman–Crippen MR) is 100 cm³/mol. The Hall–Kier alpha value is -3.55. The van der Waals surface area contributed by atoms with E-state index in [1.165, 1.54) is 0 Å². The van der Waals surface area contributed by atoms with Crippen LogP contribution in [0.25, 0.3) is 0 Å². The van der Waals surface area contributed by atoms with Crippen LogP contribution in [0.2, 0.25) is 0 Å². The van der Waals surface area contributed by atoms with Crippen molar-refractivity contribution in [1.82, 2.24) is 15.2 Å². The molecular formula is C19H19N5O3. The predicted octanol–water partition coefficient (Wildman–Crippen LogP) is 2.83. The summed E-state index contributed by atoms with van der Waals surface area (Å²) >= 11 is 0. The molecule has 1 aliphatic heterocycles. The number of methoxy groups -OCH3 is 1. The zero-order valence-electron chi connectivity index (χ0n) is 14.8. The average molecular weight is 365 g/mol. The number of benzene rings is 2. The Balaban J connectivity index is 1.37. The molecule has 8 nitrogen and oxygen atoms in total. The van der Waals surface area contributed by atoms with Crippen molar-refractivity contribution in [1.29, 1.82) is 0 Å². The Kier molecular flexibility index (Phi) is 4.86. The van der Waals surface area contributed by atoms with Crippen LogP contribution in [0.5, 0.6) is 17.2 Å². The second-order valence-electron chi connectivity index (χ2n) is 5.87. The highest BCUT2D eigenvalue weighted by Gasteiger charge is 2.13. The van der Waals surface area contributed by atoms with Crippen molar-refractivity contribution >= 4 is 11.8 Å². The van der Waals surface area contributed by atoms with Gasteiger partial charge in [-0.1, -0.05) is 24.3 Å². The molecular weight excluding hydrogens is 346 g/mol. The summed E-state index contributed by atoms with van der Waals surface area (Å²) in [5.74, 6) is 3.41. The van der Waals surface area contributed by atoms with Crippen LogP contribution < -0.4 is 24.8 Å². The van der Waals surface area contributed by atoms with Crippen LogP contribution in [0, 0.1) is 0 Å². The van der Waals surface area contributed by atoms with Gasteiger partial charge in [0, 0.05) is 18.7 Å². The molecule has 0 saturated heterocycles. The second kappa shape index (κ2) is 7.77. The maximum absolute atomic E-state index is 5.39. The first-order chi connectivity index (χ1) is 13.3. The monoisotopic (exact) mass is 365 g/mol. The number of nitrogens with zero attached hydrogens (tertiary/aromatic N) is 3. The fraction of sp³-hybridized carbons (Fsp3) is 0.211. The van der Waals surface area contributed by atoms with E-state index in [1.54, 1.807) is 13.3 Å². The Morgan fingerprint density at radius 1 is 1.04 bits per heavy atom. The first kappa shape index (κ1) is 16.9. The van der Waals surface area contributed by atoms with E-state index in [-0.39, 0.29) is 6.79 Å². The second-order valence-corrected chi connectivity index (χ2v) is 5.87. The lowest BCUT2D eigenvalue weighted by molar-refractivity contribution is 0.174. The van der Waals surface area contributed by atoms with Gasteiger partial charge < -0.3 is 24.8 Å². The van der Waals surface area contributed by atoms with Crippen LogP contribution in [0.3, 0.4) is 0 Å². The summed E-state index contributed by atoms with van der Waals surface area (Å²) in [6.45, 7) is 1.39. The molecule has 0 radical (unpaired) electrons. The van der Waals surface area contributed by atoms with Gasteiger partial charge in [-0.2, -0.15) is 10.1 Å². The molecule has 0 atom stereocenters.